The van der Waals surface area contributed by atoms with Gasteiger partial charge in [-0.25, -0.2) is 9.78 Å². The Morgan fingerprint density at radius 1 is 1.14 bits per heavy atom. The maximum Gasteiger partial charge on any atom is 0.410 e. The van der Waals surface area contributed by atoms with E-state index in [1.165, 1.54) is 11.1 Å². The molecule has 0 unspecified atom stereocenters. The zero-order valence-corrected chi connectivity index (χ0v) is 17.2. The molecule has 2 aromatic rings. The van der Waals surface area contributed by atoms with Crippen LogP contribution in [0, 0.1) is 0 Å². The molecule has 1 aromatic carbocycles. The standard InChI is InChI=1S/C21H27N5O3/c1-21(2,3)29-20(27)26-9-7-25(8-10-26)19-23-18(13-22-24-19)16-4-5-17-14-28-11-6-15(17)12-16/h4-5,12-13H,6-11,14H2,1-3H3. The van der Waals surface area contributed by atoms with Gasteiger partial charge in [0.1, 0.15) is 5.60 Å². The molecular formula is C21H27N5O3. The molecule has 0 atom stereocenters. The van der Waals surface area contributed by atoms with Gasteiger partial charge in [-0.2, -0.15) is 5.10 Å². The first-order valence-electron chi connectivity index (χ1n) is 10.0. The summed E-state index contributed by atoms with van der Waals surface area (Å²) in [6.07, 6.45) is 2.34. The summed E-state index contributed by atoms with van der Waals surface area (Å²) in [5, 5.41) is 8.38. The summed E-state index contributed by atoms with van der Waals surface area (Å²) in [5.41, 5.74) is 3.89. The van der Waals surface area contributed by atoms with Crippen molar-refractivity contribution in [2.45, 2.75) is 39.4 Å². The van der Waals surface area contributed by atoms with Crippen LogP contribution in [0.25, 0.3) is 11.3 Å². The van der Waals surface area contributed by atoms with Gasteiger partial charge in [0.05, 0.1) is 25.1 Å². The van der Waals surface area contributed by atoms with Crippen LogP contribution in [0.2, 0.25) is 0 Å². The average molecular weight is 397 g/mol. The minimum atomic E-state index is -0.490. The molecule has 8 nitrogen and oxygen atoms in total. The second-order valence-electron chi connectivity index (χ2n) is 8.38. The topological polar surface area (TPSA) is 80.7 Å². The first-order chi connectivity index (χ1) is 13.9. The summed E-state index contributed by atoms with van der Waals surface area (Å²) < 4.78 is 11.0. The Balaban J connectivity index is 1.44. The number of piperazine rings is 1. The minimum Gasteiger partial charge on any atom is -0.444 e. The van der Waals surface area contributed by atoms with Crippen LogP contribution in [0.1, 0.15) is 31.9 Å². The molecule has 0 radical (unpaired) electrons. The lowest BCUT2D eigenvalue weighted by Crippen LogP contribution is -2.50. The van der Waals surface area contributed by atoms with Gasteiger partial charge in [0.15, 0.2) is 0 Å². The molecule has 2 aliphatic heterocycles. The monoisotopic (exact) mass is 397 g/mol. The van der Waals surface area contributed by atoms with Gasteiger partial charge in [0.25, 0.3) is 0 Å². The molecule has 1 amide bonds. The van der Waals surface area contributed by atoms with Crippen molar-refractivity contribution in [3.63, 3.8) is 0 Å². The van der Waals surface area contributed by atoms with Crippen molar-refractivity contribution in [3.8, 4) is 11.3 Å². The van der Waals surface area contributed by atoms with Crippen LogP contribution in [0.4, 0.5) is 10.7 Å². The highest BCUT2D eigenvalue weighted by molar-refractivity contribution is 5.68. The Bertz CT molecular complexity index is 888. The molecule has 1 aromatic heterocycles. The van der Waals surface area contributed by atoms with E-state index in [-0.39, 0.29) is 6.09 Å². The predicted molar refractivity (Wildman–Crippen MR) is 109 cm³/mol. The number of carbonyl (C=O) groups excluding carboxylic acids is 1. The van der Waals surface area contributed by atoms with Gasteiger partial charge in [-0.3, -0.25) is 0 Å². The van der Waals surface area contributed by atoms with Gasteiger partial charge in [-0.1, -0.05) is 12.1 Å². The number of fused-ring (bicyclic) bond motifs is 1. The van der Waals surface area contributed by atoms with Crippen LogP contribution in [0.3, 0.4) is 0 Å². The Hall–Kier alpha value is -2.74. The van der Waals surface area contributed by atoms with Crippen molar-refractivity contribution in [1.29, 1.82) is 0 Å². The molecule has 1 fully saturated rings. The third-order valence-electron chi connectivity index (χ3n) is 5.04. The highest BCUT2D eigenvalue weighted by Gasteiger charge is 2.27. The number of aromatic nitrogens is 3. The maximum atomic E-state index is 12.2. The highest BCUT2D eigenvalue weighted by atomic mass is 16.6. The van der Waals surface area contributed by atoms with Crippen molar-refractivity contribution in [2.75, 3.05) is 37.7 Å². The molecule has 29 heavy (non-hydrogen) atoms. The second-order valence-corrected chi connectivity index (χ2v) is 8.38. The smallest absolute Gasteiger partial charge is 0.410 e. The number of nitrogens with zero attached hydrogens (tertiary/aromatic N) is 5. The molecule has 0 aliphatic carbocycles. The van der Waals surface area contributed by atoms with Gasteiger partial charge in [-0.15, -0.1) is 5.10 Å². The van der Waals surface area contributed by atoms with E-state index in [9.17, 15) is 4.79 Å². The van der Waals surface area contributed by atoms with Crippen molar-refractivity contribution in [3.05, 3.63) is 35.5 Å². The van der Waals surface area contributed by atoms with Gasteiger partial charge in [0, 0.05) is 31.7 Å². The third kappa shape index (κ3) is 4.64. The summed E-state index contributed by atoms with van der Waals surface area (Å²) in [5.74, 6) is 0.590. The summed E-state index contributed by atoms with van der Waals surface area (Å²) in [6.45, 7) is 9.48. The highest BCUT2D eigenvalue weighted by Crippen LogP contribution is 2.25. The molecule has 0 bridgehead atoms. The lowest BCUT2D eigenvalue weighted by Gasteiger charge is -2.35. The number of benzene rings is 1. The Kier molecular flexibility index (Phi) is 5.36. The van der Waals surface area contributed by atoms with Crippen LogP contribution in [0.15, 0.2) is 24.4 Å². The summed E-state index contributed by atoms with van der Waals surface area (Å²) in [4.78, 5) is 20.8. The third-order valence-corrected chi connectivity index (χ3v) is 5.04. The van der Waals surface area contributed by atoms with Crippen LogP contribution < -0.4 is 4.90 Å². The number of hydrogen-bond donors (Lipinski definition) is 0. The molecule has 3 heterocycles. The Morgan fingerprint density at radius 2 is 1.93 bits per heavy atom. The molecule has 8 heteroatoms. The fourth-order valence-corrected chi connectivity index (χ4v) is 3.51. The van der Waals surface area contributed by atoms with E-state index >= 15 is 0 Å². The van der Waals surface area contributed by atoms with Crippen molar-refractivity contribution in [2.24, 2.45) is 0 Å². The number of anilines is 1. The van der Waals surface area contributed by atoms with Crippen molar-refractivity contribution < 1.29 is 14.3 Å². The molecule has 4 rings (SSSR count). The zero-order chi connectivity index (χ0) is 20.4. The van der Waals surface area contributed by atoms with E-state index in [1.54, 1.807) is 11.1 Å². The van der Waals surface area contributed by atoms with E-state index in [0.717, 1.165) is 24.3 Å². The number of hydrogen-bond acceptors (Lipinski definition) is 7. The quantitative estimate of drug-likeness (QED) is 0.771. The molecule has 0 spiro atoms. The molecule has 1 saturated heterocycles. The first-order valence-corrected chi connectivity index (χ1v) is 10.0. The molecule has 0 N–H and O–H groups in total. The molecule has 154 valence electrons. The maximum absolute atomic E-state index is 12.2. The van der Waals surface area contributed by atoms with Gasteiger partial charge in [0.2, 0.25) is 5.95 Å². The summed E-state index contributed by atoms with van der Waals surface area (Å²) in [7, 11) is 0. The fraction of sp³-hybridized carbons (Fsp3) is 0.524. The van der Waals surface area contributed by atoms with Crippen molar-refractivity contribution >= 4 is 12.0 Å². The predicted octanol–water partition coefficient (Wildman–Crippen LogP) is 2.67. The molecule has 0 saturated carbocycles. The molecular weight excluding hydrogens is 370 g/mol. The first kappa shape index (κ1) is 19.6. The van der Waals surface area contributed by atoms with E-state index < -0.39 is 5.60 Å². The van der Waals surface area contributed by atoms with E-state index in [1.807, 2.05) is 20.8 Å². The van der Waals surface area contributed by atoms with Gasteiger partial charge in [-0.05, 0) is 44.4 Å². The van der Waals surface area contributed by atoms with Crippen LogP contribution in [-0.4, -0.2) is 64.6 Å². The van der Waals surface area contributed by atoms with E-state index in [0.29, 0.717) is 38.7 Å². The number of carbonyl (C=O) groups is 1. The number of ether oxygens (including phenoxy) is 2. The summed E-state index contributed by atoms with van der Waals surface area (Å²) >= 11 is 0. The number of rotatable bonds is 2. The largest absolute Gasteiger partial charge is 0.444 e. The normalized spacial score (nSPS) is 17.1. The zero-order valence-electron chi connectivity index (χ0n) is 17.2. The SMILES string of the molecule is CC(C)(C)OC(=O)N1CCN(c2nncc(-c3ccc4c(c3)CCOC4)n2)CC1. The van der Waals surface area contributed by atoms with Crippen LogP contribution >= 0.6 is 0 Å². The summed E-state index contributed by atoms with van der Waals surface area (Å²) in [6, 6.07) is 6.33. The van der Waals surface area contributed by atoms with Crippen LogP contribution in [-0.2, 0) is 22.5 Å². The lowest BCUT2D eigenvalue weighted by molar-refractivity contribution is 0.0240. The van der Waals surface area contributed by atoms with Crippen LogP contribution in [0.5, 0.6) is 0 Å². The lowest BCUT2D eigenvalue weighted by atomic mass is 9.99. The Labute approximate surface area is 170 Å². The second kappa shape index (κ2) is 7.94. The van der Waals surface area contributed by atoms with E-state index in [4.69, 9.17) is 14.5 Å². The Morgan fingerprint density at radius 3 is 2.69 bits per heavy atom. The molecule has 2 aliphatic rings. The minimum absolute atomic E-state index is 0.275. The van der Waals surface area contributed by atoms with Crippen molar-refractivity contribution in [1.82, 2.24) is 20.1 Å². The van der Waals surface area contributed by atoms with Gasteiger partial charge < -0.3 is 19.3 Å². The van der Waals surface area contributed by atoms with E-state index in [2.05, 4.69) is 33.3 Å². The average Bonchev–Trinajstić information content (AvgIpc) is 2.72. The van der Waals surface area contributed by atoms with Gasteiger partial charge >= 0.3 is 6.09 Å². The number of amides is 1. The fourth-order valence-electron chi connectivity index (χ4n) is 3.51.